The van der Waals surface area contributed by atoms with Crippen LogP contribution in [0.4, 0.5) is 5.13 Å². The van der Waals surface area contributed by atoms with Crippen molar-refractivity contribution in [3.63, 3.8) is 0 Å². The van der Waals surface area contributed by atoms with E-state index in [1.165, 1.54) is 23.8 Å². The van der Waals surface area contributed by atoms with Gasteiger partial charge >= 0.3 is 0 Å². The van der Waals surface area contributed by atoms with Crippen LogP contribution < -0.4 is 5.32 Å². The van der Waals surface area contributed by atoms with E-state index in [-0.39, 0.29) is 10.8 Å². The molecule has 27 heavy (non-hydrogen) atoms. The molecule has 146 valence electrons. The number of amides is 1. The highest BCUT2D eigenvalue weighted by Crippen LogP contribution is 2.32. The molecule has 1 aliphatic heterocycles. The molecule has 0 aliphatic carbocycles. The summed E-state index contributed by atoms with van der Waals surface area (Å²) in [4.78, 5) is 17.3. The lowest BCUT2D eigenvalue weighted by Gasteiger charge is -2.26. The van der Waals surface area contributed by atoms with Crippen molar-refractivity contribution >= 4 is 43.8 Å². The lowest BCUT2D eigenvalue weighted by molar-refractivity contribution is -0.118. The van der Waals surface area contributed by atoms with Gasteiger partial charge in [0, 0.05) is 19.5 Å². The Bertz CT molecular complexity index is 890. The number of hydrogen-bond acceptors (Lipinski definition) is 6. The first-order valence-corrected chi connectivity index (χ1v) is 11.7. The van der Waals surface area contributed by atoms with Gasteiger partial charge in [-0.1, -0.05) is 35.1 Å². The van der Waals surface area contributed by atoms with Gasteiger partial charge in [0.05, 0.1) is 17.0 Å². The zero-order valence-electron chi connectivity index (χ0n) is 14.9. The zero-order valence-corrected chi connectivity index (χ0v) is 17.2. The molecular weight excluding hydrogens is 408 g/mol. The molecular formula is C18H21ClN2O4S2. The molecule has 1 aromatic carbocycles. The van der Waals surface area contributed by atoms with Gasteiger partial charge in [-0.2, -0.15) is 0 Å². The van der Waals surface area contributed by atoms with Crippen LogP contribution >= 0.6 is 22.9 Å². The lowest BCUT2D eigenvalue weighted by Crippen LogP contribution is -2.26. The highest BCUT2D eigenvalue weighted by Gasteiger charge is 2.27. The summed E-state index contributed by atoms with van der Waals surface area (Å²) in [6.45, 7) is 1.40. The SMILES string of the molecule is CS(=O)(=O)c1ccc(C(CC2CCOCC2)C(=O)Nc2ncc(Cl)s2)cc1. The zero-order chi connectivity index (χ0) is 19.4. The normalized spacial score (nSPS) is 16.8. The molecule has 1 aromatic heterocycles. The Kier molecular flexibility index (Phi) is 6.52. The number of halogens is 1. The molecule has 0 bridgehead atoms. The molecule has 3 rings (SSSR count). The fourth-order valence-electron chi connectivity index (χ4n) is 3.16. The van der Waals surface area contributed by atoms with Crippen LogP contribution in [0.2, 0.25) is 4.34 Å². The van der Waals surface area contributed by atoms with Crippen LogP contribution in [-0.4, -0.2) is 38.8 Å². The minimum absolute atomic E-state index is 0.167. The average Bonchev–Trinajstić information content (AvgIpc) is 3.04. The maximum absolute atomic E-state index is 12.9. The fourth-order valence-corrected chi connectivity index (χ4v) is 4.61. The van der Waals surface area contributed by atoms with Gasteiger partial charge < -0.3 is 10.1 Å². The largest absolute Gasteiger partial charge is 0.381 e. The third kappa shape index (κ3) is 5.51. The molecule has 0 radical (unpaired) electrons. The van der Waals surface area contributed by atoms with Crippen LogP contribution in [0.5, 0.6) is 0 Å². The predicted molar refractivity (Wildman–Crippen MR) is 106 cm³/mol. The molecule has 1 saturated heterocycles. The topological polar surface area (TPSA) is 85.4 Å². The minimum atomic E-state index is -3.28. The number of carbonyl (C=O) groups is 1. The van der Waals surface area contributed by atoms with Crippen LogP contribution in [0.3, 0.4) is 0 Å². The Balaban J connectivity index is 1.82. The van der Waals surface area contributed by atoms with Crippen LogP contribution in [0.1, 0.15) is 30.7 Å². The molecule has 0 saturated carbocycles. The highest BCUT2D eigenvalue weighted by molar-refractivity contribution is 7.90. The summed E-state index contributed by atoms with van der Waals surface area (Å²) < 4.78 is 29.3. The average molecular weight is 429 g/mol. The molecule has 2 heterocycles. The molecule has 2 aromatic rings. The number of rotatable bonds is 6. The standard InChI is InChI=1S/C18H21ClN2O4S2/c1-27(23,24)14-4-2-13(3-5-14)15(10-12-6-8-25-9-7-12)17(22)21-18-20-11-16(19)26-18/h2-5,11-12,15H,6-10H2,1H3,(H,20,21,22). The minimum Gasteiger partial charge on any atom is -0.381 e. The van der Waals surface area contributed by atoms with E-state index in [0.717, 1.165) is 18.4 Å². The van der Waals surface area contributed by atoms with Gasteiger partial charge in [0.2, 0.25) is 5.91 Å². The molecule has 0 spiro atoms. The van der Waals surface area contributed by atoms with E-state index < -0.39 is 15.8 Å². The fraction of sp³-hybridized carbons (Fsp3) is 0.444. The summed E-state index contributed by atoms with van der Waals surface area (Å²) in [6, 6.07) is 6.54. The molecule has 9 heteroatoms. The number of nitrogens with zero attached hydrogens (tertiary/aromatic N) is 1. The Morgan fingerprint density at radius 1 is 1.33 bits per heavy atom. The van der Waals surface area contributed by atoms with Crippen molar-refractivity contribution in [2.75, 3.05) is 24.8 Å². The van der Waals surface area contributed by atoms with Gasteiger partial charge in [0.25, 0.3) is 0 Å². The van der Waals surface area contributed by atoms with E-state index in [1.807, 2.05) is 0 Å². The Morgan fingerprint density at radius 3 is 2.56 bits per heavy atom. The van der Waals surface area contributed by atoms with Crippen LogP contribution in [0, 0.1) is 5.92 Å². The van der Waals surface area contributed by atoms with Gasteiger partial charge in [0.15, 0.2) is 15.0 Å². The van der Waals surface area contributed by atoms with Gasteiger partial charge in [-0.25, -0.2) is 13.4 Å². The Morgan fingerprint density at radius 2 is 2.00 bits per heavy atom. The van der Waals surface area contributed by atoms with Crippen molar-refractivity contribution in [1.29, 1.82) is 0 Å². The first kappa shape index (κ1) is 20.3. The first-order chi connectivity index (χ1) is 12.8. The number of anilines is 1. The van der Waals surface area contributed by atoms with E-state index in [0.29, 0.717) is 35.0 Å². The third-order valence-electron chi connectivity index (χ3n) is 4.64. The van der Waals surface area contributed by atoms with E-state index in [2.05, 4.69) is 10.3 Å². The van der Waals surface area contributed by atoms with Gasteiger partial charge in [-0.3, -0.25) is 4.79 Å². The van der Waals surface area contributed by atoms with Gasteiger partial charge in [0.1, 0.15) is 4.34 Å². The molecule has 1 fully saturated rings. The van der Waals surface area contributed by atoms with E-state index in [9.17, 15) is 13.2 Å². The van der Waals surface area contributed by atoms with Gasteiger partial charge in [-0.05, 0) is 42.9 Å². The van der Waals surface area contributed by atoms with Crippen molar-refractivity contribution in [2.24, 2.45) is 5.92 Å². The summed E-state index contributed by atoms with van der Waals surface area (Å²) in [5.41, 5.74) is 0.786. The third-order valence-corrected chi connectivity index (χ3v) is 6.80. The predicted octanol–water partition coefficient (Wildman–Crippen LogP) is 3.74. The monoisotopic (exact) mass is 428 g/mol. The van der Waals surface area contributed by atoms with Crippen molar-refractivity contribution in [1.82, 2.24) is 4.98 Å². The summed E-state index contributed by atoms with van der Waals surface area (Å²) in [7, 11) is -3.28. The summed E-state index contributed by atoms with van der Waals surface area (Å²) in [6.07, 6.45) is 5.16. The number of benzene rings is 1. The van der Waals surface area contributed by atoms with Crippen molar-refractivity contribution in [3.05, 3.63) is 40.4 Å². The summed E-state index contributed by atoms with van der Waals surface area (Å²) in [5, 5.41) is 3.28. The number of aromatic nitrogens is 1. The van der Waals surface area contributed by atoms with E-state index >= 15 is 0 Å². The quantitative estimate of drug-likeness (QED) is 0.757. The van der Waals surface area contributed by atoms with E-state index in [1.54, 1.807) is 24.3 Å². The highest BCUT2D eigenvalue weighted by atomic mass is 35.5. The van der Waals surface area contributed by atoms with Crippen LogP contribution in [0.25, 0.3) is 0 Å². The molecule has 1 aliphatic rings. The van der Waals surface area contributed by atoms with Crippen molar-refractivity contribution in [3.8, 4) is 0 Å². The molecule has 1 unspecified atom stereocenters. The second kappa shape index (κ2) is 8.68. The smallest absolute Gasteiger partial charge is 0.233 e. The lowest BCUT2D eigenvalue weighted by atomic mass is 9.84. The number of thiazole rings is 1. The molecule has 1 amide bonds. The molecule has 6 nitrogen and oxygen atoms in total. The van der Waals surface area contributed by atoms with Crippen molar-refractivity contribution < 1.29 is 17.9 Å². The molecule has 1 atom stereocenters. The van der Waals surface area contributed by atoms with Crippen LogP contribution in [0.15, 0.2) is 35.4 Å². The summed E-state index contributed by atoms with van der Waals surface area (Å²) >= 11 is 7.09. The second-order valence-corrected chi connectivity index (χ2v) is 10.3. The van der Waals surface area contributed by atoms with Crippen LogP contribution in [-0.2, 0) is 19.4 Å². The molecule has 1 N–H and O–H groups in total. The summed E-state index contributed by atoms with van der Waals surface area (Å²) in [5.74, 6) is -0.187. The second-order valence-electron chi connectivity index (χ2n) is 6.64. The maximum atomic E-state index is 12.9. The number of hydrogen-bond donors (Lipinski definition) is 1. The van der Waals surface area contributed by atoms with Crippen molar-refractivity contribution in [2.45, 2.75) is 30.1 Å². The number of ether oxygens (including phenoxy) is 1. The first-order valence-electron chi connectivity index (χ1n) is 8.63. The maximum Gasteiger partial charge on any atom is 0.233 e. The number of sulfone groups is 1. The van der Waals surface area contributed by atoms with E-state index in [4.69, 9.17) is 16.3 Å². The Labute approximate surface area is 167 Å². The number of nitrogens with one attached hydrogen (secondary N) is 1. The Hall–Kier alpha value is -1.48. The van der Waals surface area contributed by atoms with Gasteiger partial charge in [-0.15, -0.1) is 0 Å². The number of carbonyl (C=O) groups excluding carboxylic acids is 1.